The Morgan fingerprint density at radius 1 is 1.00 bits per heavy atom. The highest BCUT2D eigenvalue weighted by Gasteiger charge is 2.09. The van der Waals surface area contributed by atoms with Crippen molar-refractivity contribution in [3.63, 3.8) is 0 Å². The van der Waals surface area contributed by atoms with E-state index in [9.17, 15) is 14.4 Å². The number of unbranched alkanes of at least 4 members (excludes halogenated alkanes) is 1. The molecule has 0 saturated heterocycles. The highest BCUT2D eigenvalue weighted by molar-refractivity contribution is 5.97. The van der Waals surface area contributed by atoms with Crippen molar-refractivity contribution in [2.45, 2.75) is 45.4 Å². The number of amides is 1. The highest BCUT2D eigenvalue weighted by Crippen LogP contribution is 2.08. The maximum atomic E-state index is 12.0. The SMILES string of the molecule is CCc1ccc(C(=O)CCC(=O)NCCCCC(=O)O)cc1. The summed E-state index contributed by atoms with van der Waals surface area (Å²) in [5, 5.41) is 11.2. The van der Waals surface area contributed by atoms with Crippen molar-refractivity contribution >= 4 is 17.7 Å². The molecule has 5 heteroatoms. The molecule has 0 atom stereocenters. The number of aryl methyl sites for hydroxylation is 1. The summed E-state index contributed by atoms with van der Waals surface area (Å²) in [6.07, 6.45) is 2.56. The van der Waals surface area contributed by atoms with E-state index in [0.717, 1.165) is 6.42 Å². The van der Waals surface area contributed by atoms with Crippen molar-refractivity contribution in [1.82, 2.24) is 5.32 Å². The zero-order chi connectivity index (χ0) is 16.4. The van der Waals surface area contributed by atoms with Crippen LogP contribution in [0.4, 0.5) is 0 Å². The van der Waals surface area contributed by atoms with Crippen molar-refractivity contribution in [3.8, 4) is 0 Å². The molecule has 0 fully saturated rings. The summed E-state index contributed by atoms with van der Waals surface area (Å²) in [6, 6.07) is 7.45. The number of nitrogens with one attached hydrogen (secondary N) is 1. The van der Waals surface area contributed by atoms with Gasteiger partial charge in [0, 0.05) is 31.4 Å². The number of ketones is 1. The third-order valence-electron chi connectivity index (χ3n) is 3.40. The van der Waals surface area contributed by atoms with Gasteiger partial charge >= 0.3 is 5.97 Å². The molecule has 1 amide bonds. The van der Waals surface area contributed by atoms with Crippen molar-refractivity contribution in [2.75, 3.05) is 6.54 Å². The third-order valence-corrected chi connectivity index (χ3v) is 3.40. The van der Waals surface area contributed by atoms with E-state index in [2.05, 4.69) is 12.2 Å². The molecule has 1 aromatic rings. The highest BCUT2D eigenvalue weighted by atomic mass is 16.4. The van der Waals surface area contributed by atoms with Gasteiger partial charge in [-0.3, -0.25) is 14.4 Å². The van der Waals surface area contributed by atoms with Crippen LogP contribution >= 0.6 is 0 Å². The number of benzene rings is 1. The lowest BCUT2D eigenvalue weighted by Crippen LogP contribution is -2.24. The van der Waals surface area contributed by atoms with Crippen LogP contribution in [0, 0.1) is 0 Å². The van der Waals surface area contributed by atoms with Crippen LogP contribution in [0.3, 0.4) is 0 Å². The van der Waals surface area contributed by atoms with E-state index in [0.29, 0.717) is 24.9 Å². The molecule has 0 unspecified atom stereocenters. The lowest BCUT2D eigenvalue weighted by Gasteiger charge is -2.05. The predicted octanol–water partition coefficient (Wildman–Crippen LogP) is 2.58. The number of hydrogen-bond donors (Lipinski definition) is 2. The summed E-state index contributed by atoms with van der Waals surface area (Å²) in [4.78, 5) is 33.9. The maximum absolute atomic E-state index is 12.0. The zero-order valence-electron chi connectivity index (χ0n) is 12.9. The zero-order valence-corrected chi connectivity index (χ0v) is 12.9. The Balaban J connectivity index is 2.22. The normalized spacial score (nSPS) is 10.2. The number of carbonyl (C=O) groups is 3. The molecular weight excluding hydrogens is 282 g/mol. The van der Waals surface area contributed by atoms with Gasteiger partial charge in [-0.15, -0.1) is 0 Å². The summed E-state index contributed by atoms with van der Waals surface area (Å²) < 4.78 is 0. The molecule has 0 spiro atoms. The molecule has 120 valence electrons. The number of carboxylic acid groups (broad SMARTS) is 1. The Kier molecular flexibility index (Phi) is 7.89. The van der Waals surface area contributed by atoms with Crippen LogP contribution in [0.25, 0.3) is 0 Å². The second-order valence-corrected chi connectivity index (χ2v) is 5.17. The van der Waals surface area contributed by atoms with E-state index in [1.54, 1.807) is 12.1 Å². The molecule has 0 aliphatic carbocycles. The summed E-state index contributed by atoms with van der Waals surface area (Å²) in [5.41, 5.74) is 1.81. The first-order valence-corrected chi connectivity index (χ1v) is 7.63. The molecule has 2 N–H and O–H groups in total. The first-order chi connectivity index (χ1) is 10.5. The molecule has 0 saturated carbocycles. The topological polar surface area (TPSA) is 83.5 Å². The van der Waals surface area contributed by atoms with Crippen LogP contribution in [0.1, 0.15) is 54.9 Å². The van der Waals surface area contributed by atoms with E-state index in [-0.39, 0.29) is 31.0 Å². The number of hydrogen-bond acceptors (Lipinski definition) is 3. The standard InChI is InChI=1S/C17H23NO4/c1-2-13-6-8-14(9-7-13)15(19)10-11-16(20)18-12-4-3-5-17(21)22/h6-9H,2-5,10-12H2,1H3,(H,18,20)(H,21,22). The molecule has 0 radical (unpaired) electrons. The van der Waals surface area contributed by atoms with Gasteiger partial charge in [0.05, 0.1) is 0 Å². The van der Waals surface area contributed by atoms with Crippen LogP contribution < -0.4 is 5.32 Å². The van der Waals surface area contributed by atoms with E-state index < -0.39 is 5.97 Å². The minimum Gasteiger partial charge on any atom is -0.481 e. The second kappa shape index (κ2) is 9.71. The molecule has 5 nitrogen and oxygen atoms in total. The molecule has 0 heterocycles. The largest absolute Gasteiger partial charge is 0.481 e. The molecule has 0 aromatic heterocycles. The fourth-order valence-electron chi connectivity index (χ4n) is 2.02. The van der Waals surface area contributed by atoms with Gasteiger partial charge in [-0.05, 0) is 24.8 Å². The summed E-state index contributed by atoms with van der Waals surface area (Å²) >= 11 is 0. The fourth-order valence-corrected chi connectivity index (χ4v) is 2.02. The number of aliphatic carboxylic acids is 1. The second-order valence-electron chi connectivity index (χ2n) is 5.17. The van der Waals surface area contributed by atoms with Gasteiger partial charge in [0.25, 0.3) is 0 Å². The van der Waals surface area contributed by atoms with Gasteiger partial charge in [-0.2, -0.15) is 0 Å². The minimum absolute atomic E-state index is 0.0383. The maximum Gasteiger partial charge on any atom is 0.303 e. The first kappa shape index (κ1) is 17.9. The van der Waals surface area contributed by atoms with E-state index in [1.165, 1.54) is 5.56 Å². The number of rotatable bonds is 10. The smallest absolute Gasteiger partial charge is 0.303 e. The monoisotopic (exact) mass is 305 g/mol. The lowest BCUT2D eigenvalue weighted by molar-refractivity contribution is -0.137. The third kappa shape index (κ3) is 7.02. The van der Waals surface area contributed by atoms with Crippen LogP contribution in [-0.2, 0) is 16.0 Å². The Hall–Kier alpha value is -2.17. The molecule has 0 bridgehead atoms. The predicted molar refractivity (Wildman–Crippen MR) is 83.9 cm³/mol. The van der Waals surface area contributed by atoms with Crippen LogP contribution in [0.15, 0.2) is 24.3 Å². The summed E-state index contributed by atoms with van der Waals surface area (Å²) in [7, 11) is 0. The average molecular weight is 305 g/mol. The summed E-state index contributed by atoms with van der Waals surface area (Å²) in [5.74, 6) is -1.04. The Morgan fingerprint density at radius 2 is 1.68 bits per heavy atom. The Bertz CT molecular complexity index is 508. The average Bonchev–Trinajstić information content (AvgIpc) is 2.52. The molecule has 0 aliphatic heterocycles. The van der Waals surface area contributed by atoms with Gasteiger partial charge in [0.1, 0.15) is 0 Å². The minimum atomic E-state index is -0.828. The van der Waals surface area contributed by atoms with E-state index >= 15 is 0 Å². The summed E-state index contributed by atoms with van der Waals surface area (Å²) in [6.45, 7) is 2.50. The van der Waals surface area contributed by atoms with Gasteiger partial charge in [-0.25, -0.2) is 0 Å². The fraction of sp³-hybridized carbons (Fsp3) is 0.471. The molecular formula is C17H23NO4. The van der Waals surface area contributed by atoms with Crippen molar-refractivity contribution < 1.29 is 19.5 Å². The van der Waals surface area contributed by atoms with E-state index in [1.807, 2.05) is 12.1 Å². The van der Waals surface area contributed by atoms with Crippen LogP contribution in [-0.4, -0.2) is 29.3 Å². The first-order valence-electron chi connectivity index (χ1n) is 7.63. The lowest BCUT2D eigenvalue weighted by atomic mass is 10.0. The van der Waals surface area contributed by atoms with Crippen molar-refractivity contribution in [1.29, 1.82) is 0 Å². The number of carboxylic acids is 1. The van der Waals surface area contributed by atoms with Crippen molar-refractivity contribution in [3.05, 3.63) is 35.4 Å². The molecule has 1 rings (SSSR count). The van der Waals surface area contributed by atoms with Gasteiger partial charge in [0.2, 0.25) is 5.91 Å². The molecule has 0 aliphatic rings. The quantitative estimate of drug-likeness (QED) is 0.514. The van der Waals surface area contributed by atoms with Crippen LogP contribution in [0.2, 0.25) is 0 Å². The van der Waals surface area contributed by atoms with Gasteiger partial charge in [-0.1, -0.05) is 31.2 Å². The molecule has 1 aromatic carbocycles. The van der Waals surface area contributed by atoms with Crippen molar-refractivity contribution in [2.24, 2.45) is 0 Å². The van der Waals surface area contributed by atoms with Gasteiger partial charge in [0.15, 0.2) is 5.78 Å². The molecule has 22 heavy (non-hydrogen) atoms. The Morgan fingerprint density at radius 3 is 2.27 bits per heavy atom. The number of Topliss-reactive ketones (excluding diaryl/α,β-unsaturated/α-hetero) is 1. The Labute approximate surface area is 130 Å². The number of carbonyl (C=O) groups excluding carboxylic acids is 2. The van der Waals surface area contributed by atoms with E-state index in [4.69, 9.17) is 5.11 Å². The van der Waals surface area contributed by atoms with Crippen LogP contribution in [0.5, 0.6) is 0 Å². The van der Waals surface area contributed by atoms with Gasteiger partial charge < -0.3 is 10.4 Å².